The number of nitrogens with zero attached hydrogens (tertiary/aromatic N) is 1. The van der Waals surface area contributed by atoms with Gasteiger partial charge in [0.15, 0.2) is 11.5 Å². The van der Waals surface area contributed by atoms with E-state index in [9.17, 15) is 0 Å². The standard InChI is InChI=1S/C18H18ClNO2S/c1-18(2)11-12-5-4-10-21-15(12)16(18)22-17(23)20(3)14-8-6-13(19)7-9-14/h4-10H,11H2,1-3H3. The number of anilines is 1. The first kappa shape index (κ1) is 16.1. The van der Waals surface area contributed by atoms with E-state index >= 15 is 0 Å². The molecule has 1 aliphatic carbocycles. The maximum atomic E-state index is 6.05. The minimum absolute atomic E-state index is 0.155. The van der Waals surface area contributed by atoms with E-state index in [1.165, 1.54) is 0 Å². The molecule has 1 heterocycles. The number of halogens is 1. The maximum absolute atomic E-state index is 6.05. The molecule has 3 nitrogen and oxygen atoms in total. The molecule has 1 aliphatic heterocycles. The summed E-state index contributed by atoms with van der Waals surface area (Å²) in [7, 11) is 1.87. The second-order valence-corrected chi connectivity index (χ2v) is 7.05. The Morgan fingerprint density at radius 2 is 2.00 bits per heavy atom. The Morgan fingerprint density at radius 1 is 1.30 bits per heavy atom. The Bertz CT molecular complexity index is 732. The van der Waals surface area contributed by atoms with E-state index in [1.54, 1.807) is 6.26 Å². The zero-order valence-corrected chi connectivity index (χ0v) is 14.9. The summed E-state index contributed by atoms with van der Waals surface area (Å²) >= 11 is 11.4. The molecule has 0 amide bonds. The number of hydrogen-bond donors (Lipinski definition) is 0. The third-order valence-electron chi connectivity index (χ3n) is 3.98. The summed E-state index contributed by atoms with van der Waals surface area (Å²) in [5.74, 6) is 1.56. The molecular weight excluding hydrogens is 330 g/mol. The number of ether oxygens (including phenoxy) is 2. The van der Waals surface area contributed by atoms with E-state index < -0.39 is 0 Å². The van der Waals surface area contributed by atoms with Crippen molar-refractivity contribution in [1.29, 1.82) is 0 Å². The van der Waals surface area contributed by atoms with Gasteiger partial charge < -0.3 is 14.4 Å². The fraction of sp³-hybridized carbons (Fsp3) is 0.278. The number of hydrogen-bond acceptors (Lipinski definition) is 3. The van der Waals surface area contributed by atoms with E-state index in [-0.39, 0.29) is 5.41 Å². The van der Waals surface area contributed by atoms with E-state index in [1.807, 2.05) is 42.3 Å². The largest absolute Gasteiger partial charge is 0.461 e. The fourth-order valence-corrected chi connectivity index (χ4v) is 3.04. The van der Waals surface area contributed by atoms with Gasteiger partial charge in [0.2, 0.25) is 0 Å². The summed E-state index contributed by atoms with van der Waals surface area (Å²) < 4.78 is 11.7. The van der Waals surface area contributed by atoms with Crippen molar-refractivity contribution in [3.05, 3.63) is 64.8 Å². The molecule has 0 fully saturated rings. The van der Waals surface area contributed by atoms with Crippen molar-refractivity contribution in [2.75, 3.05) is 11.9 Å². The Hall–Kier alpha value is -1.78. The van der Waals surface area contributed by atoms with Crippen LogP contribution >= 0.6 is 23.8 Å². The minimum Gasteiger partial charge on any atom is -0.461 e. The number of benzene rings is 1. The van der Waals surface area contributed by atoms with Gasteiger partial charge in [0.25, 0.3) is 5.17 Å². The first-order valence-corrected chi connectivity index (χ1v) is 8.16. The molecule has 0 spiro atoms. The van der Waals surface area contributed by atoms with E-state index in [2.05, 4.69) is 19.9 Å². The second kappa shape index (κ2) is 6.02. The molecule has 0 bridgehead atoms. The molecule has 0 aromatic heterocycles. The van der Waals surface area contributed by atoms with Crippen LogP contribution in [0.15, 0.2) is 59.8 Å². The smallest absolute Gasteiger partial charge is 0.268 e. The van der Waals surface area contributed by atoms with Crippen molar-refractivity contribution in [2.24, 2.45) is 5.41 Å². The Kier molecular flexibility index (Phi) is 4.21. The van der Waals surface area contributed by atoms with Gasteiger partial charge in [0.05, 0.1) is 6.26 Å². The van der Waals surface area contributed by atoms with Crippen LogP contribution in [0.4, 0.5) is 5.69 Å². The highest BCUT2D eigenvalue weighted by Gasteiger charge is 2.40. The van der Waals surface area contributed by atoms with Crippen LogP contribution in [0.25, 0.3) is 0 Å². The Balaban J connectivity index is 1.83. The summed E-state index contributed by atoms with van der Waals surface area (Å²) in [4.78, 5) is 1.82. The molecule has 0 saturated heterocycles. The van der Waals surface area contributed by atoms with Crippen molar-refractivity contribution in [3.63, 3.8) is 0 Å². The van der Waals surface area contributed by atoms with Crippen molar-refractivity contribution in [3.8, 4) is 0 Å². The summed E-state index contributed by atoms with van der Waals surface area (Å²) in [6, 6.07) is 7.46. The highest BCUT2D eigenvalue weighted by Crippen LogP contribution is 2.47. The average molecular weight is 348 g/mol. The van der Waals surface area contributed by atoms with Crippen LogP contribution in [0.1, 0.15) is 20.3 Å². The molecule has 0 N–H and O–H groups in total. The van der Waals surface area contributed by atoms with Crippen LogP contribution in [0, 0.1) is 5.41 Å². The molecule has 23 heavy (non-hydrogen) atoms. The van der Waals surface area contributed by atoms with Gasteiger partial charge in [-0.3, -0.25) is 0 Å². The fourth-order valence-electron chi connectivity index (χ4n) is 2.73. The topological polar surface area (TPSA) is 21.7 Å². The van der Waals surface area contributed by atoms with Crippen LogP contribution in [-0.2, 0) is 9.47 Å². The van der Waals surface area contributed by atoms with Crippen molar-refractivity contribution in [1.82, 2.24) is 0 Å². The predicted octanol–water partition coefficient (Wildman–Crippen LogP) is 5.19. The van der Waals surface area contributed by atoms with Crippen LogP contribution in [0.3, 0.4) is 0 Å². The number of fused-ring (bicyclic) bond motifs is 1. The first-order chi connectivity index (χ1) is 10.9. The van der Waals surface area contributed by atoms with E-state index in [0.717, 1.165) is 29.2 Å². The maximum Gasteiger partial charge on any atom is 0.268 e. The van der Waals surface area contributed by atoms with Gasteiger partial charge in [-0.05, 0) is 54.6 Å². The molecule has 0 atom stereocenters. The molecule has 2 aliphatic rings. The van der Waals surface area contributed by atoms with Gasteiger partial charge in [0, 0.05) is 23.2 Å². The Morgan fingerprint density at radius 3 is 2.70 bits per heavy atom. The predicted molar refractivity (Wildman–Crippen MR) is 97.3 cm³/mol. The van der Waals surface area contributed by atoms with Gasteiger partial charge >= 0.3 is 0 Å². The highest BCUT2D eigenvalue weighted by molar-refractivity contribution is 7.80. The quantitative estimate of drug-likeness (QED) is 0.686. The molecule has 0 unspecified atom stereocenters. The summed E-state index contributed by atoms with van der Waals surface area (Å²) in [6.45, 7) is 4.26. The van der Waals surface area contributed by atoms with Crippen molar-refractivity contribution >= 4 is 34.7 Å². The first-order valence-electron chi connectivity index (χ1n) is 7.37. The van der Waals surface area contributed by atoms with Crippen LogP contribution in [0.5, 0.6) is 0 Å². The van der Waals surface area contributed by atoms with Crippen molar-refractivity contribution < 1.29 is 9.47 Å². The number of allylic oxidation sites excluding steroid dienone is 4. The van der Waals surface area contributed by atoms with Crippen LogP contribution in [0.2, 0.25) is 5.02 Å². The lowest BCUT2D eigenvalue weighted by Gasteiger charge is -2.26. The zero-order chi connectivity index (χ0) is 16.6. The van der Waals surface area contributed by atoms with Crippen molar-refractivity contribution in [2.45, 2.75) is 20.3 Å². The summed E-state index contributed by atoms with van der Waals surface area (Å²) in [5, 5.41) is 1.07. The third kappa shape index (κ3) is 3.14. The third-order valence-corrected chi connectivity index (χ3v) is 4.59. The summed E-state index contributed by atoms with van der Waals surface area (Å²) in [6.07, 6.45) is 6.49. The van der Waals surface area contributed by atoms with Gasteiger partial charge in [-0.25, -0.2) is 0 Å². The average Bonchev–Trinajstić information content (AvgIpc) is 2.78. The van der Waals surface area contributed by atoms with Gasteiger partial charge in [-0.2, -0.15) is 0 Å². The SMILES string of the molecule is CN(C(=S)OC1=C2OC=CC=C2CC1(C)C)c1ccc(Cl)cc1. The molecular formula is C18H18ClNO2S. The number of thiocarbonyl (C=S) groups is 1. The normalized spacial score (nSPS) is 18.2. The molecule has 0 saturated carbocycles. The lowest BCUT2D eigenvalue weighted by atomic mass is 9.90. The van der Waals surface area contributed by atoms with Gasteiger partial charge in [-0.1, -0.05) is 31.5 Å². The van der Waals surface area contributed by atoms with E-state index in [0.29, 0.717) is 10.2 Å². The molecule has 3 rings (SSSR count). The highest BCUT2D eigenvalue weighted by atomic mass is 35.5. The molecule has 1 aromatic carbocycles. The molecule has 5 heteroatoms. The monoisotopic (exact) mass is 347 g/mol. The van der Waals surface area contributed by atoms with E-state index in [4.69, 9.17) is 33.3 Å². The number of rotatable bonds is 2. The van der Waals surface area contributed by atoms with Crippen LogP contribution in [-0.4, -0.2) is 12.2 Å². The zero-order valence-electron chi connectivity index (χ0n) is 13.3. The lowest BCUT2D eigenvalue weighted by molar-refractivity contribution is 0.254. The van der Waals surface area contributed by atoms with Gasteiger partial charge in [-0.15, -0.1) is 0 Å². The van der Waals surface area contributed by atoms with Gasteiger partial charge in [0.1, 0.15) is 0 Å². The minimum atomic E-state index is -0.155. The second-order valence-electron chi connectivity index (χ2n) is 6.26. The van der Waals surface area contributed by atoms with Crippen LogP contribution < -0.4 is 4.90 Å². The Labute approximate surface area is 146 Å². The molecule has 1 aromatic rings. The molecule has 0 radical (unpaired) electrons. The summed E-state index contributed by atoms with van der Waals surface area (Å²) in [5.41, 5.74) is 1.91. The molecule has 120 valence electrons. The lowest BCUT2D eigenvalue weighted by Crippen LogP contribution is -2.29.